The Kier molecular flexibility index (Phi) is 15.8. The first-order valence-electron chi connectivity index (χ1n) is 12.7. The van der Waals surface area contributed by atoms with E-state index in [9.17, 15) is 9.59 Å². The van der Waals surface area contributed by atoms with E-state index in [1.54, 1.807) is 50.6 Å². The van der Waals surface area contributed by atoms with Crippen LogP contribution in [0.3, 0.4) is 0 Å². The second-order valence-corrected chi connectivity index (χ2v) is 9.60. The highest BCUT2D eigenvalue weighted by Gasteiger charge is 2.13. The molecule has 0 aliphatic rings. The predicted molar refractivity (Wildman–Crippen MR) is 174 cm³/mol. The van der Waals surface area contributed by atoms with Gasteiger partial charge in [-0.2, -0.15) is 0 Å². The van der Waals surface area contributed by atoms with Crippen LogP contribution in [0.2, 0.25) is 0 Å². The molecule has 0 atom stereocenters. The highest BCUT2D eigenvalue weighted by Crippen LogP contribution is 2.27. The maximum Gasteiger partial charge on any atom is 0.488 e. The average Bonchev–Trinajstić information content (AvgIpc) is 3.02. The molecule has 0 fully saturated rings. The molecule has 0 radical (unpaired) electrons. The molecule has 4 aromatic rings. The van der Waals surface area contributed by atoms with Crippen LogP contribution in [0.1, 0.15) is 39.3 Å². The zero-order valence-electron chi connectivity index (χ0n) is 24.4. The lowest BCUT2D eigenvalue weighted by molar-refractivity contribution is 0.0591. The van der Waals surface area contributed by atoms with Gasteiger partial charge in [0, 0.05) is 4.47 Å². The van der Waals surface area contributed by atoms with Crippen LogP contribution in [0.4, 0.5) is 0 Å². The lowest BCUT2D eigenvalue weighted by atomic mass is 9.80. The Hall–Kier alpha value is -4.12. The van der Waals surface area contributed by atoms with Gasteiger partial charge in [-0.15, -0.1) is 0 Å². The molecule has 0 unspecified atom stereocenters. The first-order valence-corrected chi connectivity index (χ1v) is 13.5. The molecule has 0 aliphatic carbocycles. The van der Waals surface area contributed by atoms with Crippen LogP contribution in [0.25, 0.3) is 11.1 Å². The molecule has 4 aromatic carbocycles. The summed E-state index contributed by atoms with van der Waals surface area (Å²) in [4.78, 5) is 22.8. The Bertz CT molecular complexity index is 1460. The van der Waals surface area contributed by atoms with Crippen LogP contribution < -0.4 is 14.9 Å². The van der Waals surface area contributed by atoms with Crippen molar-refractivity contribution < 1.29 is 38.6 Å². The highest BCUT2D eigenvalue weighted by molar-refractivity contribution is 9.10. The van der Waals surface area contributed by atoms with Crippen molar-refractivity contribution in [1.29, 1.82) is 0 Å². The van der Waals surface area contributed by atoms with Crippen molar-refractivity contribution in [2.24, 2.45) is 0 Å². The summed E-state index contributed by atoms with van der Waals surface area (Å²) in [7, 11) is 4.56. The summed E-state index contributed by atoms with van der Waals surface area (Å²) in [5, 5.41) is 17.4. The molecule has 0 saturated heterocycles. The number of ether oxygens (including phenoxy) is 4. The number of halogens is 1. The molecule has 0 bridgehead atoms. The van der Waals surface area contributed by atoms with E-state index in [4.69, 9.17) is 24.3 Å². The van der Waals surface area contributed by atoms with Crippen LogP contribution in [-0.4, -0.2) is 57.5 Å². The lowest BCUT2D eigenvalue weighted by Gasteiger charge is -2.10. The SMILES string of the molecule is C.COC(=O)c1cccc(-c2ccc(OC)cc2)c1C.COC(=O)c1cccc(Br)c1C.COc1ccc(B(O)O)cc1. The molecule has 0 aromatic heterocycles. The molecular weight excluding hydrogens is 615 g/mol. The van der Waals surface area contributed by atoms with Crippen LogP contribution in [-0.2, 0) is 9.47 Å². The summed E-state index contributed by atoms with van der Waals surface area (Å²) in [6.07, 6.45) is 0. The molecule has 0 spiro atoms. The van der Waals surface area contributed by atoms with Gasteiger partial charge in [-0.1, -0.05) is 65.8 Å². The Morgan fingerprint density at radius 3 is 1.53 bits per heavy atom. The van der Waals surface area contributed by atoms with E-state index in [1.807, 2.05) is 62.4 Å². The number of carbonyl (C=O) groups is 2. The third-order valence-electron chi connectivity index (χ3n) is 6.23. The Morgan fingerprint density at radius 1 is 0.651 bits per heavy atom. The molecule has 0 aliphatic heterocycles. The number of esters is 2. The molecule has 0 saturated carbocycles. The molecule has 228 valence electrons. The quantitative estimate of drug-likeness (QED) is 0.192. The fraction of sp³-hybridized carbons (Fsp3) is 0.212. The Labute approximate surface area is 262 Å². The number of hydrogen-bond acceptors (Lipinski definition) is 8. The normalized spacial score (nSPS) is 9.51. The van der Waals surface area contributed by atoms with Gasteiger partial charge < -0.3 is 29.0 Å². The van der Waals surface area contributed by atoms with Crippen LogP contribution >= 0.6 is 15.9 Å². The summed E-state index contributed by atoms with van der Waals surface area (Å²) in [6, 6.07) is 25.4. The first-order chi connectivity index (χ1) is 20.1. The number of carbonyl (C=O) groups excluding carboxylic acids is 2. The lowest BCUT2D eigenvalue weighted by Crippen LogP contribution is -2.29. The van der Waals surface area contributed by atoms with Gasteiger partial charge >= 0.3 is 19.1 Å². The van der Waals surface area contributed by atoms with Gasteiger partial charge in [0.15, 0.2) is 0 Å². The van der Waals surface area contributed by atoms with Gasteiger partial charge in [-0.25, -0.2) is 9.59 Å². The van der Waals surface area contributed by atoms with Gasteiger partial charge in [0.1, 0.15) is 11.5 Å². The van der Waals surface area contributed by atoms with E-state index in [1.165, 1.54) is 14.2 Å². The second kappa shape index (κ2) is 18.4. The summed E-state index contributed by atoms with van der Waals surface area (Å²) in [5.41, 5.74) is 5.55. The minimum absolute atomic E-state index is 0. The molecular formula is C33H38BBrO8. The molecule has 4 rings (SSSR count). The minimum Gasteiger partial charge on any atom is -0.497 e. The molecule has 8 nitrogen and oxygen atoms in total. The van der Waals surface area contributed by atoms with Crippen molar-refractivity contribution in [3.05, 3.63) is 112 Å². The summed E-state index contributed by atoms with van der Waals surface area (Å²) < 4.78 is 20.3. The first kappa shape index (κ1) is 36.9. The molecule has 2 N–H and O–H groups in total. The van der Waals surface area contributed by atoms with Crippen molar-refractivity contribution in [2.45, 2.75) is 21.3 Å². The third kappa shape index (κ3) is 10.6. The number of rotatable bonds is 6. The van der Waals surface area contributed by atoms with E-state index in [2.05, 4.69) is 20.7 Å². The average molecular weight is 653 g/mol. The maximum absolute atomic E-state index is 11.7. The smallest absolute Gasteiger partial charge is 0.488 e. The number of benzene rings is 4. The van der Waals surface area contributed by atoms with Crippen molar-refractivity contribution in [3.63, 3.8) is 0 Å². The van der Waals surface area contributed by atoms with Gasteiger partial charge in [-0.3, -0.25) is 0 Å². The highest BCUT2D eigenvalue weighted by atomic mass is 79.9. The summed E-state index contributed by atoms with van der Waals surface area (Å²) in [6.45, 7) is 3.79. The zero-order chi connectivity index (χ0) is 31.2. The standard InChI is InChI=1S/C16H16O3.C9H9BrO2.C7H9BO3.CH4/c1-11-14(5-4-6-15(11)16(17)19-3)12-7-9-13(18-2)10-8-12;1-6-7(9(11)12-2)4-3-5-8(6)10;1-11-7-4-2-6(3-5-7)8(9)10;/h4-10H,1-3H3;3-5H,1-2H3;2-5,9-10H,1H3;1H4. The van der Waals surface area contributed by atoms with Crippen LogP contribution in [0, 0.1) is 13.8 Å². The van der Waals surface area contributed by atoms with Gasteiger partial charge in [0.2, 0.25) is 0 Å². The molecule has 0 heterocycles. The van der Waals surface area contributed by atoms with Crippen LogP contribution in [0.15, 0.2) is 89.4 Å². The van der Waals surface area contributed by atoms with Crippen molar-refractivity contribution in [2.75, 3.05) is 28.4 Å². The second-order valence-electron chi connectivity index (χ2n) is 8.75. The zero-order valence-corrected chi connectivity index (χ0v) is 26.0. The van der Waals surface area contributed by atoms with E-state index in [-0.39, 0.29) is 19.4 Å². The van der Waals surface area contributed by atoms with Gasteiger partial charge in [0.25, 0.3) is 0 Å². The van der Waals surface area contributed by atoms with Gasteiger partial charge in [-0.05, 0) is 84.0 Å². The maximum atomic E-state index is 11.7. The monoisotopic (exact) mass is 652 g/mol. The third-order valence-corrected chi connectivity index (χ3v) is 7.09. The molecule has 10 heteroatoms. The largest absolute Gasteiger partial charge is 0.497 e. The van der Waals surface area contributed by atoms with Crippen molar-refractivity contribution in [3.8, 4) is 22.6 Å². The van der Waals surface area contributed by atoms with E-state index in [0.29, 0.717) is 22.3 Å². The topological polar surface area (TPSA) is 112 Å². The van der Waals surface area contributed by atoms with E-state index >= 15 is 0 Å². The fourth-order valence-corrected chi connectivity index (χ4v) is 4.13. The number of methoxy groups -OCH3 is 4. The Morgan fingerprint density at radius 2 is 1.09 bits per heavy atom. The molecule has 0 amide bonds. The van der Waals surface area contributed by atoms with Crippen LogP contribution in [0.5, 0.6) is 11.5 Å². The van der Waals surface area contributed by atoms with E-state index < -0.39 is 7.12 Å². The van der Waals surface area contributed by atoms with E-state index in [0.717, 1.165) is 32.5 Å². The summed E-state index contributed by atoms with van der Waals surface area (Å²) >= 11 is 3.34. The van der Waals surface area contributed by atoms with Crippen molar-refractivity contribution in [1.82, 2.24) is 0 Å². The predicted octanol–water partition coefficient (Wildman–Crippen LogP) is 6.01. The minimum atomic E-state index is -1.40. The summed E-state index contributed by atoms with van der Waals surface area (Å²) in [5.74, 6) is 0.904. The fourth-order valence-electron chi connectivity index (χ4n) is 3.76. The molecule has 43 heavy (non-hydrogen) atoms. The Balaban J connectivity index is 0.000000336. The van der Waals surface area contributed by atoms with Gasteiger partial charge in [0.05, 0.1) is 39.6 Å². The van der Waals surface area contributed by atoms with Crippen molar-refractivity contribution >= 4 is 40.4 Å². The number of hydrogen-bond donors (Lipinski definition) is 2.